The van der Waals surface area contributed by atoms with Crippen LogP contribution < -0.4 is 0 Å². The van der Waals surface area contributed by atoms with E-state index < -0.39 is 11.8 Å². The number of benzene rings is 2. The molecule has 0 aliphatic heterocycles. The van der Waals surface area contributed by atoms with Gasteiger partial charge < -0.3 is 5.11 Å². The summed E-state index contributed by atoms with van der Waals surface area (Å²) in [5.41, 5.74) is 2.12. The number of carboxylic acid groups (broad SMARTS) is 1. The molecule has 0 spiro atoms. The summed E-state index contributed by atoms with van der Waals surface area (Å²) < 4.78 is 12.8. The van der Waals surface area contributed by atoms with Crippen LogP contribution in [0.2, 0.25) is 0 Å². The molecular formula is C17H13FO3. The summed E-state index contributed by atoms with van der Waals surface area (Å²) in [6, 6.07) is 9.97. The molecule has 2 rings (SSSR count). The number of hydrogen-bond donors (Lipinski definition) is 1. The lowest BCUT2D eigenvalue weighted by molar-refractivity contribution is 0.0696. The fourth-order valence-electron chi connectivity index (χ4n) is 1.87. The molecule has 0 radical (unpaired) electrons. The summed E-state index contributed by atoms with van der Waals surface area (Å²) in [7, 11) is 0. The maximum absolute atomic E-state index is 12.8. The fourth-order valence-corrected chi connectivity index (χ4v) is 1.87. The third kappa shape index (κ3) is 3.63. The molecule has 0 bridgehead atoms. The Morgan fingerprint density at radius 1 is 1.05 bits per heavy atom. The molecule has 0 saturated heterocycles. The van der Waals surface area contributed by atoms with Gasteiger partial charge >= 0.3 is 5.97 Å². The highest BCUT2D eigenvalue weighted by atomic mass is 19.1. The largest absolute Gasteiger partial charge is 0.478 e. The average molecular weight is 284 g/mol. The second-order valence-corrected chi connectivity index (χ2v) is 4.58. The molecule has 2 aromatic rings. The summed E-state index contributed by atoms with van der Waals surface area (Å²) in [6.45, 7) is 1.77. The Balaban J connectivity index is 2.19. The normalized spacial score (nSPS) is 10.8. The van der Waals surface area contributed by atoms with Crippen LogP contribution in [0.25, 0.3) is 6.08 Å². The molecule has 0 fully saturated rings. The van der Waals surface area contributed by atoms with Gasteiger partial charge in [0.05, 0.1) is 5.56 Å². The van der Waals surface area contributed by atoms with E-state index in [0.29, 0.717) is 5.56 Å². The quantitative estimate of drug-likeness (QED) is 0.687. The SMILES string of the molecule is Cc1cc(C(=O)O)ccc1C=CC(=O)c1ccc(F)cc1. The number of rotatable bonds is 4. The van der Waals surface area contributed by atoms with Crippen molar-refractivity contribution in [3.8, 4) is 0 Å². The lowest BCUT2D eigenvalue weighted by Crippen LogP contribution is -1.97. The van der Waals surface area contributed by atoms with Crippen LogP contribution in [0.15, 0.2) is 48.5 Å². The lowest BCUT2D eigenvalue weighted by Gasteiger charge is -2.02. The molecule has 0 heterocycles. The van der Waals surface area contributed by atoms with Crippen molar-refractivity contribution >= 4 is 17.8 Å². The van der Waals surface area contributed by atoms with Gasteiger partial charge in [0.2, 0.25) is 0 Å². The Hall–Kier alpha value is -2.75. The third-order valence-electron chi connectivity index (χ3n) is 3.06. The van der Waals surface area contributed by atoms with Crippen molar-refractivity contribution in [3.05, 3.63) is 76.6 Å². The summed E-state index contributed by atoms with van der Waals surface area (Å²) >= 11 is 0. The molecular weight excluding hydrogens is 271 g/mol. The first kappa shape index (κ1) is 14.7. The second kappa shape index (κ2) is 6.13. The van der Waals surface area contributed by atoms with Crippen LogP contribution >= 0.6 is 0 Å². The maximum Gasteiger partial charge on any atom is 0.335 e. The molecule has 0 amide bonds. The van der Waals surface area contributed by atoms with Crippen molar-refractivity contribution in [2.75, 3.05) is 0 Å². The summed E-state index contributed by atoms with van der Waals surface area (Å²) in [5.74, 6) is -1.62. The van der Waals surface area contributed by atoms with Gasteiger partial charge in [-0.2, -0.15) is 0 Å². The predicted octanol–water partition coefficient (Wildman–Crippen LogP) is 3.73. The smallest absolute Gasteiger partial charge is 0.335 e. The van der Waals surface area contributed by atoms with Crippen LogP contribution in [-0.2, 0) is 0 Å². The Morgan fingerprint density at radius 2 is 1.67 bits per heavy atom. The lowest BCUT2D eigenvalue weighted by atomic mass is 10.0. The number of aromatic carboxylic acids is 1. The summed E-state index contributed by atoms with van der Waals surface area (Å²) in [4.78, 5) is 22.8. The predicted molar refractivity (Wildman–Crippen MR) is 77.9 cm³/mol. The van der Waals surface area contributed by atoms with Crippen LogP contribution in [-0.4, -0.2) is 16.9 Å². The fraction of sp³-hybridized carbons (Fsp3) is 0.0588. The van der Waals surface area contributed by atoms with Crippen LogP contribution in [0.5, 0.6) is 0 Å². The van der Waals surface area contributed by atoms with Gasteiger partial charge in [0.1, 0.15) is 5.82 Å². The molecule has 4 heteroatoms. The van der Waals surface area contributed by atoms with Gasteiger partial charge in [0.25, 0.3) is 0 Å². The zero-order valence-electron chi connectivity index (χ0n) is 11.3. The first-order chi connectivity index (χ1) is 9.97. The topological polar surface area (TPSA) is 54.4 Å². The minimum Gasteiger partial charge on any atom is -0.478 e. The summed E-state index contributed by atoms with van der Waals surface area (Å²) in [5, 5.41) is 8.89. The van der Waals surface area contributed by atoms with E-state index in [4.69, 9.17) is 5.11 Å². The molecule has 21 heavy (non-hydrogen) atoms. The van der Waals surface area contributed by atoms with Crippen molar-refractivity contribution < 1.29 is 19.1 Å². The minimum atomic E-state index is -0.990. The van der Waals surface area contributed by atoms with E-state index in [-0.39, 0.29) is 11.3 Å². The number of carboxylic acids is 1. The molecule has 0 saturated carbocycles. The van der Waals surface area contributed by atoms with Gasteiger partial charge in [-0.1, -0.05) is 12.1 Å². The number of hydrogen-bond acceptors (Lipinski definition) is 2. The van der Waals surface area contributed by atoms with Crippen LogP contribution in [0.4, 0.5) is 4.39 Å². The molecule has 0 atom stereocenters. The number of ketones is 1. The van der Waals surface area contributed by atoms with Gasteiger partial charge in [-0.3, -0.25) is 4.79 Å². The minimum absolute atomic E-state index is 0.203. The van der Waals surface area contributed by atoms with Gasteiger partial charge in [-0.15, -0.1) is 0 Å². The Labute approximate surface area is 121 Å². The number of carbonyl (C=O) groups excluding carboxylic acids is 1. The van der Waals surface area contributed by atoms with Crippen molar-refractivity contribution in [1.82, 2.24) is 0 Å². The van der Waals surface area contributed by atoms with E-state index in [2.05, 4.69) is 0 Å². The Kier molecular flexibility index (Phi) is 4.28. The molecule has 0 aliphatic rings. The van der Waals surface area contributed by atoms with Crippen molar-refractivity contribution in [2.45, 2.75) is 6.92 Å². The van der Waals surface area contributed by atoms with Crippen LogP contribution in [0.1, 0.15) is 31.8 Å². The zero-order valence-corrected chi connectivity index (χ0v) is 11.3. The van der Waals surface area contributed by atoms with Crippen LogP contribution in [0, 0.1) is 12.7 Å². The Bertz CT molecular complexity index is 715. The number of halogens is 1. The standard InChI is InChI=1S/C17H13FO3/c1-11-10-14(17(20)21)3-2-12(11)6-9-16(19)13-4-7-15(18)8-5-13/h2-10H,1H3,(H,20,21). The van der Waals surface area contributed by atoms with Gasteiger partial charge in [0.15, 0.2) is 5.78 Å². The highest BCUT2D eigenvalue weighted by Crippen LogP contribution is 2.14. The molecule has 0 aromatic heterocycles. The van der Waals surface area contributed by atoms with E-state index in [9.17, 15) is 14.0 Å². The van der Waals surface area contributed by atoms with E-state index in [1.54, 1.807) is 25.1 Å². The maximum atomic E-state index is 12.8. The molecule has 0 aliphatic carbocycles. The highest BCUT2D eigenvalue weighted by Gasteiger charge is 2.05. The van der Waals surface area contributed by atoms with Crippen molar-refractivity contribution in [2.24, 2.45) is 0 Å². The van der Waals surface area contributed by atoms with E-state index >= 15 is 0 Å². The first-order valence-corrected chi connectivity index (χ1v) is 6.29. The van der Waals surface area contributed by atoms with Crippen molar-refractivity contribution in [1.29, 1.82) is 0 Å². The first-order valence-electron chi connectivity index (χ1n) is 6.29. The van der Waals surface area contributed by atoms with Gasteiger partial charge in [-0.05, 0) is 60.5 Å². The van der Waals surface area contributed by atoms with E-state index in [1.807, 2.05) is 0 Å². The summed E-state index contributed by atoms with van der Waals surface area (Å²) in [6.07, 6.45) is 3.00. The number of carbonyl (C=O) groups is 2. The second-order valence-electron chi connectivity index (χ2n) is 4.58. The number of aryl methyl sites for hydroxylation is 1. The molecule has 2 aromatic carbocycles. The average Bonchev–Trinajstić information content (AvgIpc) is 2.46. The van der Waals surface area contributed by atoms with Gasteiger partial charge in [0, 0.05) is 5.56 Å². The Morgan fingerprint density at radius 3 is 2.24 bits per heavy atom. The molecule has 106 valence electrons. The third-order valence-corrected chi connectivity index (χ3v) is 3.06. The molecule has 0 unspecified atom stereocenters. The molecule has 1 N–H and O–H groups in total. The van der Waals surface area contributed by atoms with Crippen molar-refractivity contribution in [3.63, 3.8) is 0 Å². The van der Waals surface area contributed by atoms with Gasteiger partial charge in [-0.25, -0.2) is 9.18 Å². The van der Waals surface area contributed by atoms with E-state index in [0.717, 1.165) is 11.1 Å². The highest BCUT2D eigenvalue weighted by molar-refractivity contribution is 6.06. The monoisotopic (exact) mass is 284 g/mol. The van der Waals surface area contributed by atoms with Crippen LogP contribution in [0.3, 0.4) is 0 Å². The zero-order chi connectivity index (χ0) is 15.4. The molecule has 3 nitrogen and oxygen atoms in total. The number of allylic oxidation sites excluding steroid dienone is 1. The van der Waals surface area contributed by atoms with E-state index in [1.165, 1.54) is 36.4 Å².